The van der Waals surface area contributed by atoms with E-state index in [-0.39, 0.29) is 0 Å². The fourth-order valence-electron chi connectivity index (χ4n) is 2.05. The van der Waals surface area contributed by atoms with Gasteiger partial charge in [-0.3, -0.25) is 0 Å². The zero-order chi connectivity index (χ0) is 13.5. The summed E-state index contributed by atoms with van der Waals surface area (Å²) in [5.74, 6) is 0. The van der Waals surface area contributed by atoms with Gasteiger partial charge in [-0.05, 0) is 44.4 Å². The largest absolute Gasteiger partial charge is 0.0985 e. The lowest BCUT2D eigenvalue weighted by Gasteiger charge is -2.05. The van der Waals surface area contributed by atoms with E-state index in [2.05, 4.69) is 58.5 Å². The average molecular weight is 238 g/mol. The summed E-state index contributed by atoms with van der Waals surface area (Å²) < 4.78 is 0. The van der Waals surface area contributed by atoms with E-state index in [0.29, 0.717) is 0 Å². The molecule has 0 nitrogen and oxygen atoms in total. The first-order chi connectivity index (χ1) is 8.54. The van der Waals surface area contributed by atoms with Gasteiger partial charge in [-0.1, -0.05) is 66.2 Å². The average Bonchev–Trinajstić information content (AvgIpc) is 2.30. The highest BCUT2D eigenvalue weighted by Crippen LogP contribution is 2.16. The predicted molar refractivity (Wildman–Crippen MR) is 81.9 cm³/mol. The summed E-state index contributed by atoms with van der Waals surface area (Å²) in [6.45, 7) is 12.2. The Balaban J connectivity index is 0.000000199. The van der Waals surface area contributed by atoms with Gasteiger partial charge < -0.3 is 0 Å². The van der Waals surface area contributed by atoms with Crippen LogP contribution < -0.4 is 0 Å². The Labute approximate surface area is 111 Å². The van der Waals surface area contributed by atoms with Crippen LogP contribution in [-0.2, 0) is 0 Å². The molecule has 0 saturated heterocycles. The van der Waals surface area contributed by atoms with Crippen molar-refractivity contribution in [3.8, 4) is 0 Å². The Hall–Kier alpha value is -1.82. The molecule has 0 aliphatic rings. The number of hydrogen-bond acceptors (Lipinski definition) is 0. The van der Waals surface area contributed by atoms with Crippen molar-refractivity contribution in [1.82, 2.24) is 0 Å². The van der Waals surface area contributed by atoms with Crippen molar-refractivity contribution in [1.29, 1.82) is 0 Å². The standard InChI is InChI=1S/C11H14.C7H8/c1-5-11-9(3)6-8(2)7-10(11)4;1-7-5-3-2-4-6-7/h5-7H,1H2,2-4H3;2-6H,1H3. The Morgan fingerprint density at radius 1 is 0.778 bits per heavy atom. The molecule has 0 fully saturated rings. The molecule has 0 unspecified atom stereocenters. The van der Waals surface area contributed by atoms with E-state index in [1.807, 2.05) is 24.3 Å². The van der Waals surface area contributed by atoms with Gasteiger partial charge in [0.05, 0.1) is 0 Å². The van der Waals surface area contributed by atoms with Gasteiger partial charge in [-0.2, -0.15) is 0 Å². The van der Waals surface area contributed by atoms with E-state index in [0.717, 1.165) is 0 Å². The van der Waals surface area contributed by atoms with E-state index >= 15 is 0 Å². The quantitative estimate of drug-likeness (QED) is 0.636. The molecule has 0 aliphatic heterocycles. The predicted octanol–water partition coefficient (Wildman–Crippen LogP) is 5.25. The first-order valence-corrected chi connectivity index (χ1v) is 6.26. The molecule has 2 aromatic rings. The fourth-order valence-corrected chi connectivity index (χ4v) is 2.05. The summed E-state index contributed by atoms with van der Waals surface area (Å²) in [6.07, 6.45) is 1.92. The lowest BCUT2D eigenvalue weighted by molar-refractivity contribution is 1.30. The zero-order valence-electron chi connectivity index (χ0n) is 11.8. The number of benzene rings is 2. The maximum Gasteiger partial charge on any atom is -0.0204 e. The van der Waals surface area contributed by atoms with E-state index in [1.54, 1.807) is 0 Å². The third kappa shape index (κ3) is 4.21. The molecule has 0 amide bonds. The van der Waals surface area contributed by atoms with E-state index < -0.39 is 0 Å². The molecule has 94 valence electrons. The molecule has 18 heavy (non-hydrogen) atoms. The minimum atomic E-state index is 1.27. The van der Waals surface area contributed by atoms with Crippen molar-refractivity contribution in [2.24, 2.45) is 0 Å². The third-order valence-electron chi connectivity index (χ3n) is 2.88. The van der Waals surface area contributed by atoms with Crippen LogP contribution in [-0.4, -0.2) is 0 Å². The van der Waals surface area contributed by atoms with Gasteiger partial charge in [-0.15, -0.1) is 0 Å². The summed E-state index contributed by atoms with van der Waals surface area (Å²) in [7, 11) is 0. The Bertz CT molecular complexity index is 484. The van der Waals surface area contributed by atoms with Crippen LogP contribution in [0.1, 0.15) is 27.8 Å². The molecule has 2 rings (SSSR count). The van der Waals surface area contributed by atoms with Gasteiger partial charge in [0.15, 0.2) is 0 Å². The van der Waals surface area contributed by atoms with E-state index in [1.165, 1.54) is 27.8 Å². The first-order valence-electron chi connectivity index (χ1n) is 6.26. The van der Waals surface area contributed by atoms with Crippen molar-refractivity contribution >= 4 is 6.08 Å². The second-order valence-electron chi connectivity index (χ2n) is 4.67. The Morgan fingerprint density at radius 3 is 1.61 bits per heavy atom. The molecular weight excluding hydrogens is 216 g/mol. The highest BCUT2D eigenvalue weighted by Gasteiger charge is 1.97. The SMILES string of the molecule is C=Cc1c(C)cc(C)cc1C.Cc1ccccc1. The van der Waals surface area contributed by atoms with Crippen LogP contribution in [0.4, 0.5) is 0 Å². The molecule has 0 bridgehead atoms. The molecule has 0 radical (unpaired) electrons. The van der Waals surface area contributed by atoms with Crippen LogP contribution >= 0.6 is 0 Å². The maximum atomic E-state index is 3.78. The molecule has 0 saturated carbocycles. The van der Waals surface area contributed by atoms with Crippen LogP contribution in [0.15, 0.2) is 49.0 Å². The van der Waals surface area contributed by atoms with Crippen molar-refractivity contribution in [3.05, 3.63) is 76.9 Å². The van der Waals surface area contributed by atoms with Gasteiger partial charge in [0.25, 0.3) is 0 Å². The second kappa shape index (κ2) is 6.80. The van der Waals surface area contributed by atoms with Gasteiger partial charge >= 0.3 is 0 Å². The molecule has 0 aromatic heterocycles. The van der Waals surface area contributed by atoms with Crippen molar-refractivity contribution in [3.63, 3.8) is 0 Å². The molecule has 0 heteroatoms. The summed E-state index contributed by atoms with van der Waals surface area (Å²) in [5, 5.41) is 0. The van der Waals surface area contributed by atoms with Crippen molar-refractivity contribution < 1.29 is 0 Å². The highest BCUT2D eigenvalue weighted by molar-refractivity contribution is 5.56. The first kappa shape index (κ1) is 14.2. The summed E-state index contributed by atoms with van der Waals surface area (Å²) in [6, 6.07) is 14.6. The van der Waals surface area contributed by atoms with Crippen LogP contribution in [0.5, 0.6) is 0 Å². The summed E-state index contributed by atoms with van der Waals surface area (Å²) >= 11 is 0. The van der Waals surface area contributed by atoms with Crippen LogP contribution in [0.25, 0.3) is 6.08 Å². The number of hydrogen-bond donors (Lipinski definition) is 0. The van der Waals surface area contributed by atoms with Crippen molar-refractivity contribution in [2.45, 2.75) is 27.7 Å². The van der Waals surface area contributed by atoms with Gasteiger partial charge in [0, 0.05) is 0 Å². The normalized spacial score (nSPS) is 9.33. The molecule has 0 heterocycles. The number of aryl methyl sites for hydroxylation is 4. The van der Waals surface area contributed by atoms with E-state index in [4.69, 9.17) is 0 Å². The fraction of sp³-hybridized carbons (Fsp3) is 0.222. The molecule has 2 aromatic carbocycles. The van der Waals surface area contributed by atoms with Gasteiger partial charge in [-0.25, -0.2) is 0 Å². The molecule has 0 N–H and O–H groups in total. The zero-order valence-corrected chi connectivity index (χ0v) is 11.8. The highest BCUT2D eigenvalue weighted by atomic mass is 14.0. The monoisotopic (exact) mass is 238 g/mol. The molecule has 0 atom stereocenters. The van der Waals surface area contributed by atoms with Crippen LogP contribution in [0, 0.1) is 27.7 Å². The maximum absolute atomic E-state index is 3.78. The molecular formula is C18H22. The van der Waals surface area contributed by atoms with Gasteiger partial charge in [0.1, 0.15) is 0 Å². The smallest absolute Gasteiger partial charge is 0.0204 e. The van der Waals surface area contributed by atoms with Crippen molar-refractivity contribution in [2.75, 3.05) is 0 Å². The van der Waals surface area contributed by atoms with Crippen LogP contribution in [0.2, 0.25) is 0 Å². The second-order valence-corrected chi connectivity index (χ2v) is 4.67. The minimum absolute atomic E-state index is 1.27. The van der Waals surface area contributed by atoms with E-state index in [9.17, 15) is 0 Å². The Kier molecular flexibility index (Phi) is 5.38. The molecule has 0 spiro atoms. The lowest BCUT2D eigenvalue weighted by atomic mass is 10.0. The number of rotatable bonds is 1. The summed E-state index contributed by atoms with van der Waals surface area (Å²) in [5.41, 5.74) is 6.55. The third-order valence-corrected chi connectivity index (χ3v) is 2.88. The lowest BCUT2D eigenvalue weighted by Crippen LogP contribution is -1.87. The van der Waals surface area contributed by atoms with Crippen LogP contribution in [0.3, 0.4) is 0 Å². The summed E-state index contributed by atoms with van der Waals surface area (Å²) in [4.78, 5) is 0. The van der Waals surface area contributed by atoms with Gasteiger partial charge in [0.2, 0.25) is 0 Å². The topological polar surface area (TPSA) is 0 Å². The minimum Gasteiger partial charge on any atom is -0.0985 e. The Morgan fingerprint density at radius 2 is 1.28 bits per heavy atom. The molecule has 0 aliphatic carbocycles.